The van der Waals surface area contributed by atoms with Crippen LogP contribution in [0.25, 0.3) is 10.8 Å². The molecule has 1 aromatic carbocycles. The number of fused-ring (bicyclic) bond motifs is 3. The Labute approximate surface area is 84.9 Å². The number of nitrogens with zero attached hydrogens (tertiary/aromatic N) is 1. The first-order valence-corrected chi connectivity index (χ1v) is 4.50. The van der Waals surface area contributed by atoms with Crippen LogP contribution in [0.4, 0.5) is 5.69 Å². The average Bonchev–Trinajstić information content (AvgIpc) is 2.56. The van der Waals surface area contributed by atoms with Crippen molar-refractivity contribution in [1.82, 2.24) is 4.98 Å². The van der Waals surface area contributed by atoms with E-state index in [2.05, 4.69) is 10.3 Å². The Morgan fingerprint density at radius 3 is 2.87 bits per heavy atom. The topological polar surface area (TPSA) is 59.1 Å². The molecule has 0 saturated carbocycles. The van der Waals surface area contributed by atoms with Gasteiger partial charge in [0, 0.05) is 23.2 Å². The van der Waals surface area contributed by atoms with Crippen LogP contribution in [-0.4, -0.2) is 16.7 Å². The van der Waals surface area contributed by atoms with Gasteiger partial charge in [0.15, 0.2) is 0 Å². The molecule has 2 aromatic rings. The zero-order chi connectivity index (χ0) is 10.4. The summed E-state index contributed by atoms with van der Waals surface area (Å²) in [5.74, 6) is -1.03. The molecule has 2 heterocycles. The molecule has 4 heteroatoms. The summed E-state index contributed by atoms with van der Waals surface area (Å²) in [4.78, 5) is 26.6. The highest BCUT2D eigenvalue weighted by molar-refractivity contribution is 6.52. The average molecular weight is 198 g/mol. The van der Waals surface area contributed by atoms with E-state index >= 15 is 0 Å². The summed E-state index contributed by atoms with van der Waals surface area (Å²) in [7, 11) is 0. The standard InChI is InChI=1S/C11H6N2O2/c14-10-8-2-1-6-5-12-4-3-7(6)9(8)13-11(10)15/h1-5H,(H,13,14,15). The second kappa shape index (κ2) is 2.63. The van der Waals surface area contributed by atoms with Crippen LogP contribution in [0.1, 0.15) is 10.4 Å². The fraction of sp³-hybridized carbons (Fsp3) is 0. The Bertz CT molecular complexity index is 605. The first kappa shape index (κ1) is 8.11. The maximum Gasteiger partial charge on any atom is 0.296 e. The molecule has 1 N–H and O–H groups in total. The molecule has 0 bridgehead atoms. The molecule has 0 fully saturated rings. The molecule has 3 rings (SSSR count). The molecule has 0 unspecified atom stereocenters. The third-order valence-corrected chi connectivity index (χ3v) is 2.51. The van der Waals surface area contributed by atoms with Gasteiger partial charge in [-0.1, -0.05) is 6.07 Å². The first-order chi connectivity index (χ1) is 7.27. The maximum absolute atomic E-state index is 11.4. The lowest BCUT2D eigenvalue weighted by Crippen LogP contribution is -2.12. The highest BCUT2D eigenvalue weighted by Gasteiger charge is 2.28. The van der Waals surface area contributed by atoms with E-state index in [1.807, 2.05) is 0 Å². The molecule has 0 atom stereocenters. The molecular formula is C11H6N2O2. The Morgan fingerprint density at radius 1 is 1.13 bits per heavy atom. The van der Waals surface area contributed by atoms with Gasteiger partial charge in [-0.05, 0) is 12.1 Å². The number of nitrogens with one attached hydrogen (secondary N) is 1. The van der Waals surface area contributed by atoms with E-state index in [9.17, 15) is 9.59 Å². The minimum absolute atomic E-state index is 0.443. The largest absolute Gasteiger partial charge is 0.318 e. The molecule has 0 spiro atoms. The number of hydrogen-bond acceptors (Lipinski definition) is 3. The van der Waals surface area contributed by atoms with Gasteiger partial charge in [-0.15, -0.1) is 0 Å². The fourth-order valence-corrected chi connectivity index (χ4v) is 1.79. The van der Waals surface area contributed by atoms with Crippen molar-refractivity contribution < 1.29 is 9.59 Å². The van der Waals surface area contributed by atoms with Crippen molar-refractivity contribution in [3.63, 3.8) is 0 Å². The number of hydrogen-bond donors (Lipinski definition) is 1. The van der Waals surface area contributed by atoms with Crippen molar-refractivity contribution in [3.8, 4) is 0 Å². The number of Topliss-reactive ketones (excluding diaryl/α,β-unsaturated/α-hetero) is 1. The van der Waals surface area contributed by atoms with Crippen molar-refractivity contribution in [2.45, 2.75) is 0 Å². The maximum atomic E-state index is 11.4. The molecule has 1 aliphatic rings. The van der Waals surface area contributed by atoms with Crippen LogP contribution in [0.5, 0.6) is 0 Å². The van der Waals surface area contributed by atoms with Gasteiger partial charge < -0.3 is 5.32 Å². The zero-order valence-corrected chi connectivity index (χ0v) is 7.65. The second-order valence-corrected chi connectivity index (χ2v) is 3.37. The van der Waals surface area contributed by atoms with Crippen LogP contribution in [0.15, 0.2) is 30.6 Å². The third-order valence-electron chi connectivity index (χ3n) is 2.51. The highest BCUT2D eigenvalue weighted by atomic mass is 16.2. The summed E-state index contributed by atoms with van der Waals surface area (Å²) in [6.45, 7) is 0. The van der Waals surface area contributed by atoms with Gasteiger partial charge in [0.1, 0.15) is 0 Å². The van der Waals surface area contributed by atoms with E-state index in [0.29, 0.717) is 11.3 Å². The Balaban J connectivity index is 2.43. The lowest BCUT2D eigenvalue weighted by molar-refractivity contribution is -0.112. The van der Waals surface area contributed by atoms with Crippen LogP contribution in [0.3, 0.4) is 0 Å². The predicted molar refractivity (Wildman–Crippen MR) is 54.7 cm³/mol. The summed E-state index contributed by atoms with van der Waals surface area (Å²) >= 11 is 0. The van der Waals surface area contributed by atoms with Crippen LogP contribution in [0, 0.1) is 0 Å². The minimum Gasteiger partial charge on any atom is -0.318 e. The number of carbonyl (C=O) groups is 2. The number of pyridine rings is 1. The van der Waals surface area contributed by atoms with E-state index < -0.39 is 11.7 Å². The molecule has 72 valence electrons. The lowest BCUT2D eigenvalue weighted by Gasteiger charge is -2.02. The Kier molecular flexibility index (Phi) is 1.42. The lowest BCUT2D eigenvalue weighted by atomic mass is 10.1. The summed E-state index contributed by atoms with van der Waals surface area (Å²) in [5.41, 5.74) is 1.05. The van der Waals surface area contributed by atoms with E-state index in [-0.39, 0.29) is 0 Å². The van der Waals surface area contributed by atoms with Crippen molar-refractivity contribution in [2.24, 2.45) is 0 Å². The van der Waals surface area contributed by atoms with Crippen LogP contribution in [0.2, 0.25) is 0 Å². The van der Waals surface area contributed by atoms with Crippen LogP contribution < -0.4 is 5.32 Å². The number of rotatable bonds is 0. The molecule has 1 aliphatic heterocycles. The number of anilines is 1. The van der Waals surface area contributed by atoms with Gasteiger partial charge in [0.05, 0.1) is 11.3 Å². The van der Waals surface area contributed by atoms with Crippen molar-refractivity contribution in [2.75, 3.05) is 5.32 Å². The Morgan fingerprint density at radius 2 is 2.00 bits per heavy atom. The normalized spacial score (nSPS) is 14.1. The fourth-order valence-electron chi connectivity index (χ4n) is 1.79. The second-order valence-electron chi connectivity index (χ2n) is 3.37. The molecule has 15 heavy (non-hydrogen) atoms. The molecule has 0 radical (unpaired) electrons. The van der Waals surface area contributed by atoms with E-state index in [4.69, 9.17) is 0 Å². The zero-order valence-electron chi connectivity index (χ0n) is 7.65. The monoisotopic (exact) mass is 198 g/mol. The van der Waals surface area contributed by atoms with Gasteiger partial charge in [0.25, 0.3) is 11.7 Å². The number of benzene rings is 1. The quantitative estimate of drug-likeness (QED) is 0.650. The summed E-state index contributed by atoms with van der Waals surface area (Å²) < 4.78 is 0. The van der Waals surface area contributed by atoms with Gasteiger partial charge in [-0.25, -0.2) is 0 Å². The van der Waals surface area contributed by atoms with E-state index in [1.165, 1.54) is 0 Å². The molecule has 1 amide bonds. The van der Waals surface area contributed by atoms with Gasteiger partial charge in [-0.2, -0.15) is 0 Å². The summed E-state index contributed by atoms with van der Waals surface area (Å²) in [6, 6.07) is 5.23. The van der Waals surface area contributed by atoms with E-state index in [0.717, 1.165) is 10.8 Å². The number of ketones is 1. The summed E-state index contributed by atoms with van der Waals surface area (Å²) in [6.07, 6.45) is 3.34. The first-order valence-electron chi connectivity index (χ1n) is 4.50. The Hall–Kier alpha value is -2.23. The van der Waals surface area contributed by atoms with Crippen LogP contribution >= 0.6 is 0 Å². The number of carbonyl (C=O) groups excluding carboxylic acids is 2. The molecule has 0 aliphatic carbocycles. The minimum atomic E-state index is -0.561. The van der Waals surface area contributed by atoms with Gasteiger partial charge in [-0.3, -0.25) is 14.6 Å². The highest BCUT2D eigenvalue weighted by Crippen LogP contribution is 2.31. The molecule has 4 nitrogen and oxygen atoms in total. The smallest absolute Gasteiger partial charge is 0.296 e. The van der Waals surface area contributed by atoms with E-state index in [1.54, 1.807) is 30.6 Å². The molecule has 1 aromatic heterocycles. The predicted octanol–water partition coefficient (Wildman–Crippen LogP) is 1.37. The number of aromatic nitrogens is 1. The summed E-state index contributed by atoms with van der Waals surface area (Å²) in [5, 5.41) is 4.33. The number of amides is 1. The molecular weight excluding hydrogens is 192 g/mol. The van der Waals surface area contributed by atoms with Crippen molar-refractivity contribution in [1.29, 1.82) is 0 Å². The van der Waals surface area contributed by atoms with Gasteiger partial charge in [0.2, 0.25) is 0 Å². The SMILES string of the molecule is O=C1Nc2c(ccc3cnccc23)C1=O. The van der Waals surface area contributed by atoms with Crippen molar-refractivity contribution in [3.05, 3.63) is 36.2 Å². The van der Waals surface area contributed by atoms with Gasteiger partial charge >= 0.3 is 0 Å². The van der Waals surface area contributed by atoms with Crippen LogP contribution in [-0.2, 0) is 4.79 Å². The van der Waals surface area contributed by atoms with Crippen molar-refractivity contribution >= 4 is 28.2 Å². The molecule has 0 saturated heterocycles. The third kappa shape index (κ3) is 0.985.